The number of carboxylic acid groups (broad SMARTS) is 1. The molecule has 0 saturated heterocycles. The Hall–Kier alpha value is -1.06. The topological polar surface area (TPSA) is 66.4 Å². The molecule has 0 aromatic rings. The number of nitrogens with one attached hydrogen (secondary N) is 1. The summed E-state index contributed by atoms with van der Waals surface area (Å²) in [5.74, 6) is -1.06. The van der Waals surface area contributed by atoms with Gasteiger partial charge in [-0.15, -0.1) is 0 Å². The first-order valence-electron chi connectivity index (χ1n) is 5.30. The second-order valence-electron chi connectivity index (χ2n) is 4.50. The predicted molar refractivity (Wildman–Crippen MR) is 58.5 cm³/mol. The van der Waals surface area contributed by atoms with Crippen LogP contribution in [0.25, 0.3) is 0 Å². The predicted octanol–water partition coefficient (Wildman–Crippen LogP) is 1.65. The number of hydrogen-bond donors (Lipinski definition) is 2. The van der Waals surface area contributed by atoms with Gasteiger partial charge in [0.05, 0.1) is 6.42 Å². The molecule has 0 unspecified atom stereocenters. The van der Waals surface area contributed by atoms with E-state index in [1.165, 1.54) is 0 Å². The number of rotatable bonds is 6. The third-order valence-electron chi connectivity index (χ3n) is 3.11. The maximum Gasteiger partial charge on any atom is 0.305 e. The number of amides is 1. The zero-order chi connectivity index (χ0) is 12.1. The highest BCUT2D eigenvalue weighted by molar-refractivity contribution is 5.79. The van der Waals surface area contributed by atoms with Crippen LogP contribution in [0.1, 0.15) is 40.5 Å². The largest absolute Gasteiger partial charge is 0.481 e. The lowest BCUT2D eigenvalue weighted by Crippen LogP contribution is -2.38. The molecular formula is C11H21NO3. The van der Waals surface area contributed by atoms with Gasteiger partial charge >= 0.3 is 5.97 Å². The van der Waals surface area contributed by atoms with Gasteiger partial charge in [-0.05, 0) is 5.41 Å². The van der Waals surface area contributed by atoms with Gasteiger partial charge < -0.3 is 10.4 Å². The van der Waals surface area contributed by atoms with E-state index in [0.29, 0.717) is 0 Å². The second-order valence-corrected chi connectivity index (χ2v) is 4.50. The molecule has 0 spiro atoms. The molecule has 0 aliphatic rings. The summed E-state index contributed by atoms with van der Waals surface area (Å²) in [6, 6.07) is 0. The van der Waals surface area contributed by atoms with Crippen molar-refractivity contribution in [2.24, 2.45) is 11.3 Å². The zero-order valence-electron chi connectivity index (χ0n) is 9.96. The minimum Gasteiger partial charge on any atom is -0.481 e. The van der Waals surface area contributed by atoms with Gasteiger partial charge in [0, 0.05) is 12.5 Å². The van der Waals surface area contributed by atoms with E-state index in [1.54, 1.807) is 0 Å². The molecule has 0 aromatic heterocycles. The molecule has 0 heterocycles. The molecule has 0 aromatic carbocycles. The molecule has 0 radical (unpaired) electrons. The summed E-state index contributed by atoms with van der Waals surface area (Å²) in [4.78, 5) is 21.9. The lowest BCUT2D eigenvalue weighted by atomic mass is 9.77. The van der Waals surface area contributed by atoms with Crippen LogP contribution in [0.3, 0.4) is 0 Å². The first-order valence-corrected chi connectivity index (χ1v) is 5.30. The Morgan fingerprint density at radius 1 is 1.40 bits per heavy atom. The molecule has 0 aliphatic heterocycles. The van der Waals surface area contributed by atoms with Crippen LogP contribution in [0.4, 0.5) is 0 Å². The fraction of sp³-hybridized carbons (Fsp3) is 0.818. The van der Waals surface area contributed by atoms with Crippen molar-refractivity contribution in [1.82, 2.24) is 5.32 Å². The Balaban J connectivity index is 4.05. The molecule has 15 heavy (non-hydrogen) atoms. The number of hydrogen-bond acceptors (Lipinski definition) is 2. The minimum absolute atomic E-state index is 0.0228. The zero-order valence-corrected chi connectivity index (χ0v) is 9.96. The third kappa shape index (κ3) is 4.81. The first-order chi connectivity index (χ1) is 6.81. The number of carbonyl (C=O) groups is 2. The van der Waals surface area contributed by atoms with Crippen molar-refractivity contribution < 1.29 is 14.7 Å². The number of carbonyl (C=O) groups excluding carboxylic acids is 1. The average molecular weight is 215 g/mol. The number of aliphatic carboxylic acids is 1. The molecule has 2 N–H and O–H groups in total. The first kappa shape index (κ1) is 13.9. The standard InChI is InChI=1S/C11H21NO3/c1-5-11(3,4)8(2)10(15)12-7-6-9(13)14/h8H,5-7H2,1-4H3,(H,12,15)(H,13,14)/t8-/m0/s1. The summed E-state index contributed by atoms with van der Waals surface area (Å²) in [5, 5.41) is 11.1. The third-order valence-corrected chi connectivity index (χ3v) is 3.11. The van der Waals surface area contributed by atoms with Crippen LogP contribution in [0, 0.1) is 11.3 Å². The number of carboxylic acids is 1. The molecule has 0 saturated carbocycles. The normalized spacial score (nSPS) is 13.3. The molecule has 1 atom stereocenters. The van der Waals surface area contributed by atoms with Crippen molar-refractivity contribution in [2.75, 3.05) is 6.54 Å². The highest BCUT2D eigenvalue weighted by Crippen LogP contribution is 2.29. The molecule has 0 aliphatic carbocycles. The second kappa shape index (κ2) is 5.73. The minimum atomic E-state index is -0.891. The Labute approximate surface area is 91.1 Å². The van der Waals surface area contributed by atoms with E-state index in [4.69, 9.17) is 5.11 Å². The van der Waals surface area contributed by atoms with E-state index in [-0.39, 0.29) is 30.2 Å². The van der Waals surface area contributed by atoms with Gasteiger partial charge in [-0.25, -0.2) is 0 Å². The summed E-state index contributed by atoms with van der Waals surface area (Å²) < 4.78 is 0. The van der Waals surface area contributed by atoms with Crippen molar-refractivity contribution in [3.05, 3.63) is 0 Å². The Kier molecular flexibility index (Phi) is 5.33. The lowest BCUT2D eigenvalue weighted by molar-refractivity contribution is -0.137. The molecule has 4 heteroatoms. The fourth-order valence-electron chi connectivity index (χ4n) is 1.11. The molecule has 88 valence electrons. The molecule has 0 rings (SSSR count). The van der Waals surface area contributed by atoms with Gasteiger partial charge in [0.15, 0.2) is 0 Å². The summed E-state index contributed by atoms with van der Waals surface area (Å²) in [7, 11) is 0. The van der Waals surface area contributed by atoms with E-state index in [1.807, 2.05) is 27.7 Å². The van der Waals surface area contributed by atoms with Crippen LogP contribution in [0.2, 0.25) is 0 Å². The van der Waals surface area contributed by atoms with Crippen molar-refractivity contribution in [2.45, 2.75) is 40.5 Å². The van der Waals surface area contributed by atoms with Crippen molar-refractivity contribution in [1.29, 1.82) is 0 Å². The van der Waals surface area contributed by atoms with E-state index >= 15 is 0 Å². The Bertz CT molecular complexity index is 236. The molecule has 4 nitrogen and oxygen atoms in total. The molecule has 0 bridgehead atoms. The van der Waals surface area contributed by atoms with Gasteiger partial charge in [0.1, 0.15) is 0 Å². The van der Waals surface area contributed by atoms with Crippen molar-refractivity contribution in [3.63, 3.8) is 0 Å². The van der Waals surface area contributed by atoms with Crippen LogP contribution in [0.5, 0.6) is 0 Å². The Morgan fingerprint density at radius 2 is 1.93 bits per heavy atom. The van der Waals surface area contributed by atoms with Crippen LogP contribution in [-0.4, -0.2) is 23.5 Å². The smallest absolute Gasteiger partial charge is 0.305 e. The van der Waals surface area contributed by atoms with E-state index in [9.17, 15) is 9.59 Å². The van der Waals surface area contributed by atoms with Crippen LogP contribution in [-0.2, 0) is 9.59 Å². The summed E-state index contributed by atoms with van der Waals surface area (Å²) in [5.41, 5.74) is -0.0483. The van der Waals surface area contributed by atoms with Gasteiger partial charge in [0.25, 0.3) is 0 Å². The van der Waals surface area contributed by atoms with Gasteiger partial charge in [-0.1, -0.05) is 34.1 Å². The molecule has 0 fully saturated rings. The van der Waals surface area contributed by atoms with E-state index in [2.05, 4.69) is 5.32 Å². The molecular weight excluding hydrogens is 194 g/mol. The molecule has 1 amide bonds. The van der Waals surface area contributed by atoms with Gasteiger partial charge in [0.2, 0.25) is 5.91 Å². The van der Waals surface area contributed by atoms with Crippen LogP contribution in [0.15, 0.2) is 0 Å². The maximum atomic E-state index is 11.6. The lowest BCUT2D eigenvalue weighted by Gasteiger charge is -2.29. The van der Waals surface area contributed by atoms with Gasteiger partial charge in [-0.3, -0.25) is 9.59 Å². The maximum absolute atomic E-state index is 11.6. The average Bonchev–Trinajstić information content (AvgIpc) is 2.15. The summed E-state index contributed by atoms with van der Waals surface area (Å²) in [6.45, 7) is 8.20. The quantitative estimate of drug-likeness (QED) is 0.708. The van der Waals surface area contributed by atoms with Crippen LogP contribution < -0.4 is 5.32 Å². The SMILES string of the molecule is CCC(C)(C)[C@@H](C)C(=O)NCCC(=O)O. The van der Waals surface area contributed by atoms with Crippen LogP contribution >= 0.6 is 0 Å². The fourth-order valence-corrected chi connectivity index (χ4v) is 1.11. The Morgan fingerprint density at radius 3 is 2.33 bits per heavy atom. The van der Waals surface area contributed by atoms with Crippen molar-refractivity contribution in [3.8, 4) is 0 Å². The van der Waals surface area contributed by atoms with E-state index in [0.717, 1.165) is 6.42 Å². The summed E-state index contributed by atoms with van der Waals surface area (Å²) in [6.07, 6.45) is 0.894. The monoisotopic (exact) mass is 215 g/mol. The van der Waals surface area contributed by atoms with E-state index < -0.39 is 5.97 Å². The van der Waals surface area contributed by atoms with Gasteiger partial charge in [-0.2, -0.15) is 0 Å². The summed E-state index contributed by atoms with van der Waals surface area (Å²) >= 11 is 0. The highest BCUT2D eigenvalue weighted by atomic mass is 16.4. The highest BCUT2D eigenvalue weighted by Gasteiger charge is 2.29. The van der Waals surface area contributed by atoms with Crippen molar-refractivity contribution >= 4 is 11.9 Å².